The summed E-state index contributed by atoms with van der Waals surface area (Å²) in [5, 5.41) is 16.7. The Kier molecular flexibility index (Phi) is 6.37. The SMILES string of the molecule is O=C1CCc2c(cccc2N2CCN(C[C@H](O)CNc3ccc(Br)cc3)CC2)N1. The van der Waals surface area contributed by atoms with Crippen LogP contribution in [0.3, 0.4) is 0 Å². The Morgan fingerprint density at radius 2 is 1.83 bits per heavy atom. The third kappa shape index (κ3) is 5.10. The summed E-state index contributed by atoms with van der Waals surface area (Å²) in [6.45, 7) is 4.90. The quantitative estimate of drug-likeness (QED) is 0.620. The van der Waals surface area contributed by atoms with E-state index in [9.17, 15) is 9.90 Å². The number of carbonyl (C=O) groups excluding carboxylic acids is 1. The van der Waals surface area contributed by atoms with E-state index in [4.69, 9.17) is 0 Å². The van der Waals surface area contributed by atoms with Gasteiger partial charge in [0.25, 0.3) is 0 Å². The van der Waals surface area contributed by atoms with Crippen LogP contribution in [0.15, 0.2) is 46.9 Å². The van der Waals surface area contributed by atoms with E-state index < -0.39 is 6.10 Å². The zero-order valence-corrected chi connectivity index (χ0v) is 18.0. The molecule has 0 aromatic heterocycles. The molecule has 2 heterocycles. The first kappa shape index (κ1) is 20.2. The molecular weight excluding hydrogens is 432 g/mol. The third-order valence-electron chi connectivity index (χ3n) is 5.60. The van der Waals surface area contributed by atoms with E-state index in [-0.39, 0.29) is 5.91 Å². The molecule has 1 atom stereocenters. The van der Waals surface area contributed by atoms with Crippen LogP contribution in [-0.4, -0.2) is 61.3 Å². The van der Waals surface area contributed by atoms with Crippen LogP contribution in [0.25, 0.3) is 0 Å². The van der Waals surface area contributed by atoms with Crippen LogP contribution in [0.4, 0.5) is 17.1 Å². The number of anilines is 3. The Hall–Kier alpha value is -2.09. The Labute approximate surface area is 180 Å². The number of piperazine rings is 1. The molecule has 1 saturated heterocycles. The fourth-order valence-electron chi connectivity index (χ4n) is 4.04. The number of nitrogens with one attached hydrogen (secondary N) is 2. The number of fused-ring (bicyclic) bond motifs is 1. The van der Waals surface area contributed by atoms with Crippen LogP contribution in [0, 0.1) is 0 Å². The van der Waals surface area contributed by atoms with Gasteiger partial charge in [-0.15, -0.1) is 0 Å². The number of nitrogens with zero attached hydrogens (tertiary/aromatic N) is 2. The predicted octanol–water partition coefficient (Wildman–Crippen LogP) is 2.93. The van der Waals surface area contributed by atoms with Gasteiger partial charge in [-0.05, 0) is 48.4 Å². The van der Waals surface area contributed by atoms with Crippen molar-refractivity contribution in [2.45, 2.75) is 18.9 Å². The van der Waals surface area contributed by atoms with Gasteiger partial charge >= 0.3 is 0 Å². The van der Waals surface area contributed by atoms with Gasteiger partial charge < -0.3 is 20.6 Å². The average Bonchev–Trinajstić information content (AvgIpc) is 2.73. The summed E-state index contributed by atoms with van der Waals surface area (Å²) in [5.74, 6) is 0.102. The van der Waals surface area contributed by atoms with Gasteiger partial charge in [0.2, 0.25) is 5.91 Å². The number of amides is 1. The van der Waals surface area contributed by atoms with Gasteiger partial charge in [-0.2, -0.15) is 0 Å². The molecule has 154 valence electrons. The first-order valence-electron chi connectivity index (χ1n) is 10.1. The van der Waals surface area contributed by atoms with E-state index in [1.54, 1.807) is 0 Å². The molecule has 6 nitrogen and oxygen atoms in total. The molecule has 2 aromatic rings. The molecule has 0 bridgehead atoms. The van der Waals surface area contributed by atoms with E-state index in [1.165, 1.54) is 11.3 Å². The number of halogens is 1. The van der Waals surface area contributed by atoms with Crippen molar-refractivity contribution >= 4 is 38.9 Å². The maximum Gasteiger partial charge on any atom is 0.224 e. The van der Waals surface area contributed by atoms with Gasteiger partial charge in [0.1, 0.15) is 0 Å². The maximum atomic E-state index is 11.7. The molecule has 0 radical (unpaired) electrons. The van der Waals surface area contributed by atoms with Gasteiger partial charge in [-0.3, -0.25) is 9.69 Å². The van der Waals surface area contributed by atoms with Crippen molar-refractivity contribution < 1.29 is 9.90 Å². The molecule has 0 spiro atoms. The summed E-state index contributed by atoms with van der Waals surface area (Å²) in [4.78, 5) is 16.4. The highest BCUT2D eigenvalue weighted by Crippen LogP contribution is 2.32. The van der Waals surface area contributed by atoms with Crippen LogP contribution in [0.1, 0.15) is 12.0 Å². The van der Waals surface area contributed by atoms with Crippen molar-refractivity contribution in [2.24, 2.45) is 0 Å². The Balaban J connectivity index is 1.27. The summed E-state index contributed by atoms with van der Waals surface area (Å²) in [7, 11) is 0. The average molecular weight is 459 g/mol. The highest BCUT2D eigenvalue weighted by Gasteiger charge is 2.24. The molecule has 2 aliphatic heterocycles. The number of hydrogen-bond donors (Lipinski definition) is 3. The first-order valence-corrected chi connectivity index (χ1v) is 10.9. The highest BCUT2D eigenvalue weighted by atomic mass is 79.9. The fourth-order valence-corrected chi connectivity index (χ4v) is 4.30. The van der Waals surface area contributed by atoms with Crippen molar-refractivity contribution in [1.82, 2.24) is 4.90 Å². The molecule has 0 unspecified atom stereocenters. The lowest BCUT2D eigenvalue weighted by atomic mass is 10.00. The van der Waals surface area contributed by atoms with E-state index in [0.29, 0.717) is 19.5 Å². The van der Waals surface area contributed by atoms with Crippen LogP contribution in [-0.2, 0) is 11.2 Å². The number of rotatable bonds is 6. The molecule has 2 aliphatic rings. The normalized spacial score (nSPS) is 18.1. The van der Waals surface area contributed by atoms with Crippen molar-refractivity contribution in [3.8, 4) is 0 Å². The van der Waals surface area contributed by atoms with E-state index in [2.05, 4.69) is 42.4 Å². The Morgan fingerprint density at radius 3 is 2.59 bits per heavy atom. The lowest BCUT2D eigenvalue weighted by molar-refractivity contribution is -0.116. The van der Waals surface area contributed by atoms with E-state index in [0.717, 1.165) is 48.4 Å². The van der Waals surface area contributed by atoms with Gasteiger partial charge in [0.15, 0.2) is 0 Å². The lowest BCUT2D eigenvalue weighted by Crippen LogP contribution is -2.49. The van der Waals surface area contributed by atoms with Gasteiger partial charge in [-0.25, -0.2) is 0 Å². The summed E-state index contributed by atoms with van der Waals surface area (Å²) >= 11 is 3.43. The molecule has 0 aliphatic carbocycles. The molecule has 7 heteroatoms. The van der Waals surface area contributed by atoms with Crippen LogP contribution in [0.2, 0.25) is 0 Å². The second-order valence-electron chi connectivity index (χ2n) is 7.68. The predicted molar refractivity (Wildman–Crippen MR) is 121 cm³/mol. The monoisotopic (exact) mass is 458 g/mol. The number of benzene rings is 2. The van der Waals surface area contributed by atoms with Crippen LogP contribution in [0.5, 0.6) is 0 Å². The number of carbonyl (C=O) groups is 1. The molecule has 3 N–H and O–H groups in total. The fraction of sp³-hybridized carbons (Fsp3) is 0.409. The van der Waals surface area contributed by atoms with Crippen molar-refractivity contribution in [3.05, 3.63) is 52.5 Å². The molecular formula is C22H27BrN4O2. The number of aliphatic hydroxyl groups is 1. The number of aliphatic hydroxyl groups excluding tert-OH is 1. The van der Waals surface area contributed by atoms with Gasteiger partial charge in [0, 0.05) is 67.2 Å². The van der Waals surface area contributed by atoms with Crippen molar-refractivity contribution in [1.29, 1.82) is 0 Å². The first-order chi connectivity index (χ1) is 14.1. The topological polar surface area (TPSA) is 67.8 Å². The minimum absolute atomic E-state index is 0.102. The maximum absolute atomic E-state index is 11.7. The van der Waals surface area contributed by atoms with Crippen molar-refractivity contribution in [2.75, 3.05) is 54.8 Å². The summed E-state index contributed by atoms with van der Waals surface area (Å²) in [6.07, 6.45) is 0.949. The van der Waals surface area contributed by atoms with E-state index >= 15 is 0 Å². The molecule has 0 saturated carbocycles. The largest absolute Gasteiger partial charge is 0.390 e. The zero-order chi connectivity index (χ0) is 20.2. The van der Waals surface area contributed by atoms with Crippen LogP contribution < -0.4 is 15.5 Å². The smallest absolute Gasteiger partial charge is 0.224 e. The van der Waals surface area contributed by atoms with Gasteiger partial charge in [-0.1, -0.05) is 22.0 Å². The second kappa shape index (κ2) is 9.15. The Morgan fingerprint density at radius 1 is 1.07 bits per heavy atom. The molecule has 29 heavy (non-hydrogen) atoms. The standard InChI is InChI=1S/C22H27BrN4O2/c23-16-4-6-17(7-5-16)24-14-18(28)15-26-10-12-27(13-11-26)21-3-1-2-20-19(21)8-9-22(29)25-20/h1-7,18,24,28H,8-15H2,(H,25,29)/t18-/m1/s1. The molecule has 4 rings (SSSR count). The minimum atomic E-state index is -0.412. The third-order valence-corrected chi connectivity index (χ3v) is 6.12. The highest BCUT2D eigenvalue weighted by molar-refractivity contribution is 9.10. The van der Waals surface area contributed by atoms with E-state index in [1.807, 2.05) is 36.4 Å². The molecule has 1 fully saturated rings. The number of hydrogen-bond acceptors (Lipinski definition) is 5. The summed E-state index contributed by atoms with van der Waals surface area (Å²) in [6, 6.07) is 14.1. The molecule has 1 amide bonds. The Bertz CT molecular complexity index is 850. The molecule has 2 aromatic carbocycles. The number of β-amino-alcohol motifs (C(OH)–C–C–N with tert-alkyl or cyclic N) is 1. The summed E-state index contributed by atoms with van der Waals surface area (Å²) in [5.41, 5.74) is 4.45. The lowest BCUT2D eigenvalue weighted by Gasteiger charge is -2.38. The second-order valence-corrected chi connectivity index (χ2v) is 8.60. The minimum Gasteiger partial charge on any atom is -0.390 e. The van der Waals surface area contributed by atoms with Crippen LogP contribution >= 0.6 is 15.9 Å². The van der Waals surface area contributed by atoms with Crippen molar-refractivity contribution in [3.63, 3.8) is 0 Å². The zero-order valence-electron chi connectivity index (χ0n) is 16.4. The van der Waals surface area contributed by atoms with Gasteiger partial charge in [0.05, 0.1) is 6.10 Å². The summed E-state index contributed by atoms with van der Waals surface area (Å²) < 4.78 is 1.04.